The number of fused-ring (bicyclic) bond motifs is 1. The largest absolute Gasteiger partial charge is 0.466 e. The van der Waals surface area contributed by atoms with Crippen molar-refractivity contribution in [2.45, 2.75) is 19.9 Å². The molecular formula is C14H14N2O4. The van der Waals surface area contributed by atoms with E-state index in [1.807, 2.05) is 0 Å². The van der Waals surface area contributed by atoms with E-state index in [0.717, 1.165) is 0 Å². The summed E-state index contributed by atoms with van der Waals surface area (Å²) in [6.45, 7) is 1.71. The molecule has 0 fully saturated rings. The first-order chi connectivity index (χ1) is 9.61. The van der Waals surface area contributed by atoms with E-state index in [4.69, 9.17) is 0 Å². The molecule has 0 bridgehead atoms. The lowest BCUT2D eigenvalue weighted by molar-refractivity contribution is -0.145. The van der Waals surface area contributed by atoms with Gasteiger partial charge in [-0.25, -0.2) is 4.98 Å². The van der Waals surface area contributed by atoms with Crippen LogP contribution in [0.2, 0.25) is 0 Å². The molecule has 0 unspecified atom stereocenters. The molecule has 1 heterocycles. The van der Waals surface area contributed by atoms with Gasteiger partial charge in [0.25, 0.3) is 5.56 Å². The van der Waals surface area contributed by atoms with E-state index in [1.54, 1.807) is 31.2 Å². The van der Waals surface area contributed by atoms with Crippen LogP contribution < -0.4 is 5.56 Å². The monoisotopic (exact) mass is 274 g/mol. The first kappa shape index (κ1) is 13.9. The third kappa shape index (κ3) is 3.09. The van der Waals surface area contributed by atoms with Crippen LogP contribution in [0.5, 0.6) is 0 Å². The summed E-state index contributed by atoms with van der Waals surface area (Å²) in [5.74, 6) is -0.970. The van der Waals surface area contributed by atoms with E-state index in [2.05, 4.69) is 9.72 Å². The van der Waals surface area contributed by atoms with Gasteiger partial charge in [0.15, 0.2) is 5.78 Å². The normalized spacial score (nSPS) is 10.4. The second kappa shape index (κ2) is 6.10. The number of aromatic nitrogens is 2. The maximum Gasteiger partial charge on any atom is 0.313 e. The van der Waals surface area contributed by atoms with Crippen LogP contribution in [0.3, 0.4) is 0 Å². The van der Waals surface area contributed by atoms with Gasteiger partial charge in [-0.3, -0.25) is 19.0 Å². The van der Waals surface area contributed by atoms with E-state index in [0.29, 0.717) is 10.9 Å². The van der Waals surface area contributed by atoms with Crippen LogP contribution >= 0.6 is 0 Å². The van der Waals surface area contributed by atoms with Crippen molar-refractivity contribution in [2.24, 2.45) is 0 Å². The summed E-state index contributed by atoms with van der Waals surface area (Å²) in [7, 11) is 0. The van der Waals surface area contributed by atoms with Crippen molar-refractivity contribution in [3.63, 3.8) is 0 Å². The lowest BCUT2D eigenvalue weighted by atomic mass is 10.2. The molecule has 0 aliphatic carbocycles. The predicted octanol–water partition coefficient (Wildman–Crippen LogP) is 0.919. The zero-order valence-electron chi connectivity index (χ0n) is 11.0. The summed E-state index contributed by atoms with van der Waals surface area (Å²) in [6.07, 6.45) is 0.973. The zero-order valence-corrected chi connectivity index (χ0v) is 11.0. The number of Topliss-reactive ketones (excluding diaryl/α,β-unsaturated/α-hetero) is 1. The minimum Gasteiger partial charge on any atom is -0.466 e. The number of rotatable bonds is 5. The maximum absolute atomic E-state index is 12.1. The van der Waals surface area contributed by atoms with Crippen LogP contribution in [0.25, 0.3) is 10.9 Å². The van der Waals surface area contributed by atoms with E-state index < -0.39 is 5.97 Å². The van der Waals surface area contributed by atoms with Crippen molar-refractivity contribution >= 4 is 22.7 Å². The fourth-order valence-electron chi connectivity index (χ4n) is 1.84. The Morgan fingerprint density at radius 3 is 2.80 bits per heavy atom. The zero-order chi connectivity index (χ0) is 14.5. The van der Waals surface area contributed by atoms with Crippen LogP contribution in [0.4, 0.5) is 0 Å². The average Bonchev–Trinajstić information content (AvgIpc) is 2.42. The lowest BCUT2D eigenvalue weighted by Crippen LogP contribution is -2.26. The Morgan fingerprint density at radius 2 is 2.05 bits per heavy atom. The minimum absolute atomic E-state index is 0.185. The fourth-order valence-corrected chi connectivity index (χ4v) is 1.84. The molecule has 0 spiro atoms. The third-order valence-corrected chi connectivity index (χ3v) is 2.73. The van der Waals surface area contributed by atoms with E-state index in [1.165, 1.54) is 10.9 Å². The Hall–Kier alpha value is -2.50. The number of carbonyl (C=O) groups is 2. The average molecular weight is 274 g/mol. The number of ether oxygens (including phenoxy) is 1. The SMILES string of the molecule is CCOC(=O)CC(=O)Cn1cnc2ccccc2c1=O. The highest BCUT2D eigenvalue weighted by molar-refractivity contribution is 5.95. The van der Waals surface area contributed by atoms with Gasteiger partial charge in [0, 0.05) is 0 Å². The summed E-state index contributed by atoms with van der Waals surface area (Å²) in [5.41, 5.74) is 0.277. The topological polar surface area (TPSA) is 78.3 Å². The van der Waals surface area contributed by atoms with Gasteiger partial charge in [-0.2, -0.15) is 0 Å². The van der Waals surface area contributed by atoms with Gasteiger partial charge in [-0.15, -0.1) is 0 Å². The molecule has 0 N–H and O–H groups in total. The fraction of sp³-hybridized carbons (Fsp3) is 0.286. The number of ketones is 1. The van der Waals surface area contributed by atoms with Crippen molar-refractivity contribution < 1.29 is 14.3 Å². The number of carbonyl (C=O) groups excluding carboxylic acids is 2. The van der Waals surface area contributed by atoms with Crippen LogP contribution in [0.15, 0.2) is 35.4 Å². The Balaban J connectivity index is 2.18. The predicted molar refractivity (Wildman–Crippen MR) is 72.3 cm³/mol. The molecule has 0 amide bonds. The number of para-hydroxylation sites is 1. The number of hydrogen-bond donors (Lipinski definition) is 0. The van der Waals surface area contributed by atoms with Crippen molar-refractivity contribution in [3.05, 3.63) is 40.9 Å². The molecule has 1 aromatic heterocycles. The van der Waals surface area contributed by atoms with Gasteiger partial charge in [0.2, 0.25) is 0 Å². The first-order valence-corrected chi connectivity index (χ1v) is 6.23. The van der Waals surface area contributed by atoms with Gasteiger partial charge in [-0.1, -0.05) is 12.1 Å². The molecule has 1 aromatic carbocycles. The van der Waals surface area contributed by atoms with Gasteiger partial charge < -0.3 is 4.74 Å². The van der Waals surface area contributed by atoms with Crippen molar-refractivity contribution in [2.75, 3.05) is 6.61 Å². The lowest BCUT2D eigenvalue weighted by Gasteiger charge is -2.05. The third-order valence-electron chi connectivity index (χ3n) is 2.73. The molecule has 104 valence electrons. The summed E-state index contributed by atoms with van der Waals surface area (Å²) >= 11 is 0. The highest BCUT2D eigenvalue weighted by Crippen LogP contribution is 2.04. The maximum atomic E-state index is 12.1. The van der Waals surface area contributed by atoms with Gasteiger partial charge in [-0.05, 0) is 19.1 Å². The Bertz CT molecular complexity index is 706. The van der Waals surface area contributed by atoms with Gasteiger partial charge in [0.1, 0.15) is 6.42 Å². The minimum atomic E-state index is -0.584. The number of benzene rings is 1. The van der Waals surface area contributed by atoms with Crippen molar-refractivity contribution in [3.8, 4) is 0 Å². The highest BCUT2D eigenvalue weighted by Gasteiger charge is 2.12. The Labute approximate surface area is 115 Å². The second-order valence-corrected chi connectivity index (χ2v) is 4.22. The molecule has 6 heteroatoms. The molecule has 2 aromatic rings. The highest BCUT2D eigenvalue weighted by atomic mass is 16.5. The van der Waals surface area contributed by atoms with Crippen molar-refractivity contribution in [1.29, 1.82) is 0 Å². The number of nitrogens with zero attached hydrogens (tertiary/aromatic N) is 2. The standard InChI is InChI=1S/C14H14N2O4/c1-2-20-13(18)7-10(17)8-16-9-15-12-6-4-3-5-11(12)14(16)19/h3-6,9H,2,7-8H2,1H3. The molecule has 0 radical (unpaired) electrons. The molecule has 6 nitrogen and oxygen atoms in total. The van der Waals surface area contributed by atoms with Gasteiger partial charge in [0.05, 0.1) is 30.4 Å². The molecule has 2 rings (SSSR count). The molecular weight excluding hydrogens is 260 g/mol. The summed E-state index contributed by atoms with van der Waals surface area (Å²) < 4.78 is 5.89. The van der Waals surface area contributed by atoms with E-state index in [9.17, 15) is 14.4 Å². The summed E-state index contributed by atoms with van der Waals surface area (Å²) in [6, 6.07) is 6.89. The van der Waals surface area contributed by atoms with Crippen LogP contribution in [-0.4, -0.2) is 27.9 Å². The van der Waals surface area contributed by atoms with E-state index in [-0.39, 0.29) is 30.9 Å². The summed E-state index contributed by atoms with van der Waals surface area (Å²) in [5, 5.41) is 0.443. The Morgan fingerprint density at radius 1 is 1.30 bits per heavy atom. The van der Waals surface area contributed by atoms with Crippen LogP contribution in [0, 0.1) is 0 Å². The van der Waals surface area contributed by atoms with Crippen molar-refractivity contribution in [1.82, 2.24) is 9.55 Å². The van der Waals surface area contributed by atoms with E-state index >= 15 is 0 Å². The second-order valence-electron chi connectivity index (χ2n) is 4.22. The van der Waals surface area contributed by atoms with Crippen LogP contribution in [0.1, 0.15) is 13.3 Å². The molecule has 0 atom stereocenters. The number of esters is 1. The molecule has 0 saturated carbocycles. The van der Waals surface area contributed by atoms with Crippen LogP contribution in [-0.2, 0) is 20.9 Å². The van der Waals surface area contributed by atoms with Gasteiger partial charge >= 0.3 is 5.97 Å². The molecule has 20 heavy (non-hydrogen) atoms. The molecule has 0 aliphatic rings. The smallest absolute Gasteiger partial charge is 0.313 e. The molecule has 0 saturated heterocycles. The number of hydrogen-bond acceptors (Lipinski definition) is 5. The Kier molecular flexibility index (Phi) is 4.24. The summed E-state index contributed by atoms with van der Waals surface area (Å²) in [4.78, 5) is 39.1. The first-order valence-electron chi connectivity index (χ1n) is 6.23. The quantitative estimate of drug-likeness (QED) is 0.598. The molecule has 0 aliphatic heterocycles.